The van der Waals surface area contributed by atoms with E-state index in [-0.39, 0.29) is 19.6 Å². The first-order valence-corrected chi connectivity index (χ1v) is 18.4. The van der Waals surface area contributed by atoms with Crippen LogP contribution >= 0.6 is 15.9 Å². The van der Waals surface area contributed by atoms with E-state index in [1.54, 1.807) is 96.1 Å². The van der Waals surface area contributed by atoms with Crippen LogP contribution in [0.3, 0.4) is 0 Å². The molecule has 1 aliphatic heterocycles. The summed E-state index contributed by atoms with van der Waals surface area (Å²) >= 11 is 3.62. The van der Waals surface area contributed by atoms with E-state index in [0.717, 1.165) is 10.0 Å². The van der Waals surface area contributed by atoms with Gasteiger partial charge in [-0.1, -0.05) is 40.2 Å². The van der Waals surface area contributed by atoms with Crippen molar-refractivity contribution in [1.29, 1.82) is 0 Å². The molecule has 1 saturated heterocycles. The second kappa shape index (κ2) is 18.2. The van der Waals surface area contributed by atoms with Gasteiger partial charge in [0.2, 0.25) is 0 Å². The van der Waals surface area contributed by atoms with E-state index in [4.69, 9.17) is 28.4 Å². The molecular weight excluding hydrogens is 738 g/mol. The van der Waals surface area contributed by atoms with Crippen molar-refractivity contribution in [2.75, 3.05) is 13.2 Å². The molecule has 52 heavy (non-hydrogen) atoms. The molecule has 0 aliphatic carbocycles. The maximum Gasteiger partial charge on any atom is 0.330 e. The van der Waals surface area contributed by atoms with Gasteiger partial charge >= 0.3 is 29.8 Å². The lowest BCUT2D eigenvalue weighted by atomic mass is 9.92. The van der Waals surface area contributed by atoms with Gasteiger partial charge in [-0.15, -0.1) is 0 Å². The molecule has 1 N–H and O–H groups in total. The molecule has 0 saturated carbocycles. The third-order valence-electron chi connectivity index (χ3n) is 7.75. The number of nitrogens with one attached hydrogen (secondary N) is 1. The van der Waals surface area contributed by atoms with Gasteiger partial charge in [-0.2, -0.15) is 0 Å². The summed E-state index contributed by atoms with van der Waals surface area (Å²) in [6.45, 7) is 21.6. The van der Waals surface area contributed by atoms with E-state index in [0.29, 0.717) is 0 Å². The SMILES string of the molecule is CCOC(=O)/C=C/C[C@H](N[C@@H]1O[C@H](COC(=O)C(C)(C)C)[C@H](OC(=O)C(C)(C)C)[C@H](OC(=O)C(C)(C)C)[C@H]1OC(=O)C(C)(C)C)c1ccccc1Br. The minimum Gasteiger partial charge on any atom is -0.463 e. The Balaban J connectivity index is 2.83. The highest BCUT2D eigenvalue weighted by atomic mass is 79.9. The molecule has 13 heteroatoms. The van der Waals surface area contributed by atoms with Crippen molar-refractivity contribution in [2.24, 2.45) is 21.7 Å². The largest absolute Gasteiger partial charge is 0.463 e. The lowest BCUT2D eigenvalue weighted by Crippen LogP contribution is -2.66. The summed E-state index contributed by atoms with van der Waals surface area (Å²) in [4.78, 5) is 66.0. The second-order valence-electron chi connectivity index (χ2n) is 16.9. The van der Waals surface area contributed by atoms with Crippen molar-refractivity contribution < 1.29 is 52.4 Å². The van der Waals surface area contributed by atoms with Crippen molar-refractivity contribution in [3.05, 3.63) is 46.5 Å². The lowest BCUT2D eigenvalue weighted by molar-refractivity contribution is -0.266. The Morgan fingerprint density at radius 1 is 0.731 bits per heavy atom. The second-order valence-corrected chi connectivity index (χ2v) is 17.8. The first-order chi connectivity index (χ1) is 23.8. The van der Waals surface area contributed by atoms with Gasteiger partial charge < -0.3 is 28.4 Å². The summed E-state index contributed by atoms with van der Waals surface area (Å²) in [6, 6.07) is 6.81. The molecule has 0 spiro atoms. The highest BCUT2D eigenvalue weighted by Crippen LogP contribution is 2.35. The fourth-order valence-corrected chi connectivity index (χ4v) is 5.16. The van der Waals surface area contributed by atoms with Gasteiger partial charge in [0.05, 0.1) is 28.3 Å². The Labute approximate surface area is 317 Å². The van der Waals surface area contributed by atoms with E-state index >= 15 is 0 Å². The van der Waals surface area contributed by atoms with Crippen molar-refractivity contribution in [3.63, 3.8) is 0 Å². The number of carbonyl (C=O) groups is 5. The predicted octanol–water partition coefficient (Wildman–Crippen LogP) is 6.78. The average Bonchev–Trinajstić information content (AvgIpc) is 3.00. The molecule has 0 bridgehead atoms. The third-order valence-corrected chi connectivity index (χ3v) is 8.47. The third kappa shape index (κ3) is 13.3. The highest BCUT2D eigenvalue weighted by molar-refractivity contribution is 9.10. The average molecular weight is 797 g/mol. The van der Waals surface area contributed by atoms with Crippen LogP contribution in [0.25, 0.3) is 0 Å². The molecule has 1 aromatic carbocycles. The van der Waals surface area contributed by atoms with Crippen LogP contribution in [0.4, 0.5) is 0 Å². The van der Waals surface area contributed by atoms with Gasteiger partial charge in [-0.3, -0.25) is 24.5 Å². The Morgan fingerprint density at radius 3 is 1.69 bits per heavy atom. The number of carbonyl (C=O) groups excluding carboxylic acids is 5. The normalized spacial score (nSPS) is 21.9. The number of esters is 5. The van der Waals surface area contributed by atoms with Crippen LogP contribution in [0, 0.1) is 21.7 Å². The standard InChI is InChI=1S/C39H58BrNO11/c1-14-47-27(42)21-17-20-25(23-18-15-16-19-24(23)40)41-31-30(52-35(46)39(11,12)13)29(51-34(45)38(8,9)10)28(50-33(44)37(5,6)7)26(49-31)22-48-32(43)36(2,3)4/h15-19,21,25-26,28-31,41H,14,20,22H2,1-13H3/b21-17+/t25-,26+,28-,29-,30+,31+/m0/s1. The summed E-state index contributed by atoms with van der Waals surface area (Å²) in [6.07, 6.45) is -3.37. The first-order valence-electron chi connectivity index (χ1n) is 17.6. The van der Waals surface area contributed by atoms with Crippen LogP contribution in [0.2, 0.25) is 0 Å². The molecule has 1 heterocycles. The zero-order chi connectivity index (χ0) is 39.8. The van der Waals surface area contributed by atoms with Gasteiger partial charge in [0.25, 0.3) is 0 Å². The number of rotatable bonds is 12. The summed E-state index contributed by atoms with van der Waals surface area (Å²) in [7, 11) is 0. The van der Waals surface area contributed by atoms with Crippen LogP contribution in [-0.4, -0.2) is 73.7 Å². The zero-order valence-corrected chi connectivity index (χ0v) is 34.5. The van der Waals surface area contributed by atoms with Crippen LogP contribution in [0.15, 0.2) is 40.9 Å². The highest BCUT2D eigenvalue weighted by Gasteiger charge is 2.55. The molecule has 0 aromatic heterocycles. The first kappa shape index (κ1) is 44.9. The van der Waals surface area contributed by atoms with Gasteiger partial charge in [0.1, 0.15) is 12.7 Å². The number of ether oxygens (including phenoxy) is 6. The smallest absolute Gasteiger partial charge is 0.330 e. The van der Waals surface area contributed by atoms with E-state index < -0.39 is 88.2 Å². The Morgan fingerprint density at radius 2 is 1.21 bits per heavy atom. The number of hydrogen-bond donors (Lipinski definition) is 1. The van der Waals surface area contributed by atoms with Crippen molar-refractivity contribution in [2.45, 2.75) is 133 Å². The van der Waals surface area contributed by atoms with Gasteiger partial charge in [0, 0.05) is 16.6 Å². The van der Waals surface area contributed by atoms with Crippen molar-refractivity contribution in [1.82, 2.24) is 5.32 Å². The Bertz CT molecular complexity index is 1450. The Kier molecular flexibility index (Phi) is 15.7. The van der Waals surface area contributed by atoms with E-state index in [1.165, 1.54) is 6.08 Å². The molecule has 1 aromatic rings. The van der Waals surface area contributed by atoms with Crippen molar-refractivity contribution >= 4 is 45.8 Å². The molecule has 0 unspecified atom stereocenters. The molecule has 0 amide bonds. The molecule has 292 valence electrons. The minimum absolute atomic E-state index is 0.211. The fourth-order valence-electron chi connectivity index (χ4n) is 4.60. The Hall–Kier alpha value is -3.29. The maximum absolute atomic E-state index is 13.6. The topological polar surface area (TPSA) is 153 Å². The van der Waals surface area contributed by atoms with Crippen molar-refractivity contribution in [3.8, 4) is 0 Å². The minimum atomic E-state index is -1.41. The summed E-state index contributed by atoms with van der Waals surface area (Å²) < 4.78 is 36.5. The molecule has 0 radical (unpaired) electrons. The van der Waals surface area contributed by atoms with Crippen LogP contribution in [0.1, 0.15) is 108 Å². The van der Waals surface area contributed by atoms with Gasteiger partial charge in [0.15, 0.2) is 24.5 Å². The predicted molar refractivity (Wildman–Crippen MR) is 197 cm³/mol. The van der Waals surface area contributed by atoms with Gasteiger partial charge in [-0.05, 0) is 108 Å². The van der Waals surface area contributed by atoms with E-state index in [9.17, 15) is 24.0 Å². The van der Waals surface area contributed by atoms with Crippen LogP contribution in [-0.2, 0) is 52.4 Å². The molecule has 6 atom stereocenters. The maximum atomic E-state index is 13.6. The summed E-state index contributed by atoms with van der Waals surface area (Å²) in [5.41, 5.74) is -3.11. The number of benzene rings is 1. The van der Waals surface area contributed by atoms with Gasteiger partial charge in [-0.25, -0.2) is 4.79 Å². The quantitative estimate of drug-likeness (QED) is 0.135. The summed E-state index contributed by atoms with van der Waals surface area (Å²) in [5, 5.41) is 3.41. The molecule has 1 aliphatic rings. The van der Waals surface area contributed by atoms with Crippen LogP contribution < -0.4 is 5.32 Å². The number of hydrogen-bond acceptors (Lipinski definition) is 12. The molecule has 12 nitrogen and oxygen atoms in total. The summed E-state index contributed by atoms with van der Waals surface area (Å²) in [5.74, 6) is -2.99. The van der Waals surface area contributed by atoms with E-state index in [2.05, 4.69) is 21.2 Å². The lowest BCUT2D eigenvalue weighted by Gasteiger charge is -2.47. The van der Waals surface area contributed by atoms with E-state index in [1.807, 2.05) is 24.3 Å². The van der Waals surface area contributed by atoms with Crippen LogP contribution in [0.5, 0.6) is 0 Å². The molecular formula is C39H58BrNO11. The number of halogens is 1. The fraction of sp³-hybridized carbons (Fsp3) is 0.667. The molecule has 1 fully saturated rings. The monoisotopic (exact) mass is 795 g/mol. The zero-order valence-electron chi connectivity index (χ0n) is 32.9. The molecule has 2 rings (SSSR count).